The minimum absolute atomic E-state index is 0.0463. The van der Waals surface area contributed by atoms with Crippen LogP contribution in [0.2, 0.25) is 0 Å². The third-order valence-electron chi connectivity index (χ3n) is 3.59. The van der Waals surface area contributed by atoms with Gasteiger partial charge in [0.15, 0.2) is 5.78 Å². The SMILES string of the molecule is CCN(CC)C(C)CNC(=O)CCC(=O)c1cccnc1. The molecule has 0 fully saturated rings. The van der Waals surface area contributed by atoms with Gasteiger partial charge in [-0.05, 0) is 32.1 Å². The number of hydrogen-bond donors (Lipinski definition) is 1. The lowest BCUT2D eigenvalue weighted by molar-refractivity contribution is -0.121. The van der Waals surface area contributed by atoms with Crippen molar-refractivity contribution in [2.45, 2.75) is 39.7 Å². The maximum Gasteiger partial charge on any atom is 0.220 e. The minimum Gasteiger partial charge on any atom is -0.355 e. The molecule has 0 radical (unpaired) electrons. The monoisotopic (exact) mass is 291 g/mol. The van der Waals surface area contributed by atoms with Crippen molar-refractivity contribution in [2.75, 3.05) is 19.6 Å². The Kier molecular flexibility index (Phi) is 7.61. The summed E-state index contributed by atoms with van der Waals surface area (Å²) in [4.78, 5) is 29.8. The molecule has 0 saturated carbocycles. The lowest BCUT2D eigenvalue weighted by Crippen LogP contribution is -2.42. The van der Waals surface area contributed by atoms with Gasteiger partial charge in [-0.2, -0.15) is 0 Å². The fraction of sp³-hybridized carbons (Fsp3) is 0.562. The Morgan fingerprint density at radius 3 is 2.57 bits per heavy atom. The Labute approximate surface area is 126 Å². The van der Waals surface area contributed by atoms with E-state index < -0.39 is 0 Å². The van der Waals surface area contributed by atoms with E-state index in [1.165, 1.54) is 6.20 Å². The smallest absolute Gasteiger partial charge is 0.220 e. The van der Waals surface area contributed by atoms with E-state index >= 15 is 0 Å². The molecule has 21 heavy (non-hydrogen) atoms. The summed E-state index contributed by atoms with van der Waals surface area (Å²) >= 11 is 0. The number of rotatable bonds is 9. The maximum atomic E-state index is 11.9. The average Bonchev–Trinajstić information content (AvgIpc) is 2.52. The number of nitrogens with one attached hydrogen (secondary N) is 1. The summed E-state index contributed by atoms with van der Waals surface area (Å²) in [7, 11) is 0. The molecule has 0 aliphatic rings. The van der Waals surface area contributed by atoms with Crippen LogP contribution >= 0.6 is 0 Å². The highest BCUT2D eigenvalue weighted by molar-refractivity contribution is 5.97. The van der Waals surface area contributed by atoms with E-state index in [9.17, 15) is 9.59 Å². The van der Waals surface area contributed by atoms with Crippen LogP contribution in [0, 0.1) is 0 Å². The molecule has 1 heterocycles. The highest BCUT2D eigenvalue weighted by atomic mass is 16.2. The van der Waals surface area contributed by atoms with E-state index in [0.29, 0.717) is 18.2 Å². The second kappa shape index (κ2) is 9.23. The van der Waals surface area contributed by atoms with E-state index in [0.717, 1.165) is 13.1 Å². The molecule has 0 aromatic carbocycles. The highest BCUT2D eigenvalue weighted by Crippen LogP contribution is 2.03. The number of hydrogen-bond acceptors (Lipinski definition) is 4. The Bertz CT molecular complexity index is 444. The van der Waals surface area contributed by atoms with Gasteiger partial charge >= 0.3 is 0 Å². The van der Waals surface area contributed by atoms with Gasteiger partial charge in [0, 0.05) is 43.4 Å². The number of Topliss-reactive ketones (excluding diaryl/α,β-unsaturated/α-hetero) is 1. The molecule has 5 nitrogen and oxygen atoms in total. The fourth-order valence-electron chi connectivity index (χ4n) is 2.23. The first kappa shape index (κ1) is 17.3. The zero-order valence-electron chi connectivity index (χ0n) is 13.1. The lowest BCUT2D eigenvalue weighted by atomic mass is 10.1. The second-order valence-electron chi connectivity index (χ2n) is 5.04. The van der Waals surface area contributed by atoms with Crippen LogP contribution in [0.5, 0.6) is 0 Å². The van der Waals surface area contributed by atoms with E-state index in [2.05, 4.69) is 36.0 Å². The van der Waals surface area contributed by atoms with Crippen LogP contribution in [0.25, 0.3) is 0 Å². The van der Waals surface area contributed by atoms with Gasteiger partial charge in [-0.3, -0.25) is 19.5 Å². The van der Waals surface area contributed by atoms with E-state index in [4.69, 9.17) is 0 Å². The predicted molar refractivity (Wildman–Crippen MR) is 83.2 cm³/mol. The molecule has 1 aromatic rings. The van der Waals surface area contributed by atoms with Gasteiger partial charge in [0.1, 0.15) is 0 Å². The summed E-state index contributed by atoms with van der Waals surface area (Å²) in [5.74, 6) is -0.124. The summed E-state index contributed by atoms with van der Waals surface area (Å²) < 4.78 is 0. The standard InChI is InChI=1S/C16H25N3O2/c1-4-19(5-2)13(3)11-18-16(21)9-8-15(20)14-7-6-10-17-12-14/h6-7,10,12-13H,4-5,8-9,11H2,1-3H3,(H,18,21). The molecular formula is C16H25N3O2. The first-order valence-electron chi connectivity index (χ1n) is 7.52. The average molecular weight is 291 g/mol. The van der Waals surface area contributed by atoms with Gasteiger partial charge in [-0.1, -0.05) is 13.8 Å². The third kappa shape index (κ3) is 6.04. The Morgan fingerprint density at radius 1 is 1.29 bits per heavy atom. The van der Waals surface area contributed by atoms with Crippen molar-refractivity contribution in [2.24, 2.45) is 0 Å². The fourth-order valence-corrected chi connectivity index (χ4v) is 2.23. The number of pyridine rings is 1. The van der Waals surface area contributed by atoms with Crippen LogP contribution in [0.15, 0.2) is 24.5 Å². The number of carbonyl (C=O) groups excluding carboxylic acids is 2. The number of nitrogens with zero attached hydrogens (tertiary/aromatic N) is 2. The molecule has 0 aliphatic carbocycles. The van der Waals surface area contributed by atoms with E-state index in [1.807, 2.05) is 0 Å². The van der Waals surface area contributed by atoms with Crippen molar-refractivity contribution >= 4 is 11.7 Å². The first-order valence-corrected chi connectivity index (χ1v) is 7.52. The molecule has 1 rings (SSSR count). The molecule has 116 valence electrons. The molecule has 0 bridgehead atoms. The van der Waals surface area contributed by atoms with Crippen LogP contribution in [0.3, 0.4) is 0 Å². The zero-order chi connectivity index (χ0) is 15.7. The number of ketones is 1. The molecule has 1 amide bonds. The van der Waals surface area contributed by atoms with Crippen LogP contribution in [0.1, 0.15) is 44.0 Å². The molecule has 1 unspecified atom stereocenters. The number of carbonyl (C=O) groups is 2. The maximum absolute atomic E-state index is 11.9. The highest BCUT2D eigenvalue weighted by Gasteiger charge is 2.13. The number of amides is 1. The number of likely N-dealkylation sites (N-methyl/N-ethyl adjacent to an activating group) is 1. The number of aromatic nitrogens is 1. The molecular weight excluding hydrogens is 266 g/mol. The normalized spacial score (nSPS) is 12.2. The summed E-state index contributed by atoms with van der Waals surface area (Å²) in [6.07, 6.45) is 3.59. The second-order valence-corrected chi connectivity index (χ2v) is 5.04. The molecule has 0 saturated heterocycles. The molecule has 1 N–H and O–H groups in total. The largest absolute Gasteiger partial charge is 0.355 e. The molecule has 1 aromatic heterocycles. The molecule has 0 aliphatic heterocycles. The van der Waals surface area contributed by atoms with Crippen LogP contribution in [-0.4, -0.2) is 47.3 Å². The van der Waals surface area contributed by atoms with Crippen molar-refractivity contribution in [3.63, 3.8) is 0 Å². The van der Waals surface area contributed by atoms with Gasteiger partial charge < -0.3 is 5.32 Å². The molecule has 0 spiro atoms. The van der Waals surface area contributed by atoms with Crippen molar-refractivity contribution in [1.29, 1.82) is 0 Å². The minimum atomic E-state index is -0.0775. The van der Waals surface area contributed by atoms with Gasteiger partial charge in [0.25, 0.3) is 0 Å². The van der Waals surface area contributed by atoms with Crippen LogP contribution in [0.4, 0.5) is 0 Å². The van der Waals surface area contributed by atoms with E-state index in [1.54, 1.807) is 18.3 Å². The Balaban J connectivity index is 2.30. The Morgan fingerprint density at radius 2 is 2.00 bits per heavy atom. The van der Waals surface area contributed by atoms with Crippen LogP contribution in [-0.2, 0) is 4.79 Å². The topological polar surface area (TPSA) is 62.3 Å². The van der Waals surface area contributed by atoms with Crippen molar-refractivity contribution in [3.8, 4) is 0 Å². The van der Waals surface area contributed by atoms with Gasteiger partial charge in [-0.15, -0.1) is 0 Å². The van der Waals surface area contributed by atoms with Gasteiger partial charge in [0.05, 0.1) is 0 Å². The quantitative estimate of drug-likeness (QED) is 0.706. The first-order chi connectivity index (χ1) is 10.1. The van der Waals surface area contributed by atoms with Crippen LogP contribution < -0.4 is 5.32 Å². The zero-order valence-corrected chi connectivity index (χ0v) is 13.1. The van der Waals surface area contributed by atoms with Crippen molar-refractivity contribution in [1.82, 2.24) is 15.2 Å². The third-order valence-corrected chi connectivity index (χ3v) is 3.59. The summed E-state index contributed by atoms with van der Waals surface area (Å²) in [5, 5.41) is 2.89. The van der Waals surface area contributed by atoms with Gasteiger partial charge in [-0.25, -0.2) is 0 Å². The summed E-state index contributed by atoms with van der Waals surface area (Å²) in [6.45, 7) is 8.85. The summed E-state index contributed by atoms with van der Waals surface area (Å²) in [6, 6.07) is 3.74. The van der Waals surface area contributed by atoms with Gasteiger partial charge in [0.2, 0.25) is 5.91 Å². The Hall–Kier alpha value is -1.75. The van der Waals surface area contributed by atoms with E-state index in [-0.39, 0.29) is 24.5 Å². The lowest BCUT2D eigenvalue weighted by Gasteiger charge is -2.26. The molecule has 5 heteroatoms. The predicted octanol–water partition coefficient (Wildman–Crippen LogP) is 1.89. The molecule has 1 atom stereocenters. The van der Waals surface area contributed by atoms with Crippen molar-refractivity contribution in [3.05, 3.63) is 30.1 Å². The van der Waals surface area contributed by atoms with Crippen molar-refractivity contribution < 1.29 is 9.59 Å². The summed E-state index contributed by atoms with van der Waals surface area (Å²) in [5.41, 5.74) is 0.557.